The van der Waals surface area contributed by atoms with Gasteiger partial charge in [-0.05, 0) is 67.3 Å². The fourth-order valence-electron chi connectivity index (χ4n) is 4.04. The zero-order chi connectivity index (χ0) is 24.4. The lowest BCUT2D eigenvalue weighted by molar-refractivity contribution is -0.128. The van der Waals surface area contributed by atoms with Gasteiger partial charge in [-0.1, -0.05) is 20.8 Å². The predicted octanol–water partition coefficient (Wildman–Crippen LogP) is 5.77. The number of ether oxygens (including phenoxy) is 1. The molecule has 0 spiro atoms. The highest BCUT2D eigenvalue weighted by molar-refractivity contribution is 5.95. The third-order valence-electron chi connectivity index (χ3n) is 5.95. The fourth-order valence-corrected chi connectivity index (χ4v) is 4.04. The molecule has 0 radical (unpaired) electrons. The van der Waals surface area contributed by atoms with Gasteiger partial charge in [0.15, 0.2) is 5.78 Å². The Hall–Kier alpha value is -3.61. The quantitative estimate of drug-likeness (QED) is 0.418. The van der Waals surface area contributed by atoms with Crippen molar-refractivity contribution in [3.05, 3.63) is 71.2 Å². The number of rotatable bonds is 7. The van der Waals surface area contributed by atoms with E-state index >= 15 is 0 Å². The maximum atomic E-state index is 14.6. The van der Waals surface area contributed by atoms with Crippen LogP contribution in [0.4, 0.5) is 4.39 Å². The van der Waals surface area contributed by atoms with Gasteiger partial charge in [-0.15, -0.1) is 0 Å². The Morgan fingerprint density at radius 1 is 1.15 bits per heavy atom. The number of carbonyl (C=O) groups excluding carboxylic acids is 2. The Labute approximate surface area is 198 Å². The van der Waals surface area contributed by atoms with Gasteiger partial charge in [0.1, 0.15) is 17.3 Å². The molecule has 1 aliphatic rings. The Morgan fingerprint density at radius 3 is 2.44 bits per heavy atom. The zero-order valence-electron chi connectivity index (χ0n) is 19.8. The molecule has 0 N–H and O–H groups in total. The minimum absolute atomic E-state index is 0.0310. The van der Waals surface area contributed by atoms with E-state index in [-0.39, 0.29) is 23.9 Å². The van der Waals surface area contributed by atoms with Gasteiger partial charge in [-0.2, -0.15) is 10.2 Å². The summed E-state index contributed by atoms with van der Waals surface area (Å²) in [5.74, 6) is 0.465. The summed E-state index contributed by atoms with van der Waals surface area (Å²) in [4.78, 5) is 25.9. The molecule has 176 valence electrons. The first-order chi connectivity index (χ1) is 16.2. The first kappa shape index (κ1) is 23.5. The van der Waals surface area contributed by atoms with Gasteiger partial charge >= 0.3 is 0 Å². The second kappa shape index (κ2) is 9.71. The number of likely N-dealkylation sites (tertiary alicyclic amines) is 1. The maximum absolute atomic E-state index is 14.6. The van der Waals surface area contributed by atoms with Crippen LogP contribution in [-0.4, -0.2) is 33.3 Å². The highest BCUT2D eigenvalue weighted by Gasteiger charge is 2.28. The summed E-state index contributed by atoms with van der Waals surface area (Å²) >= 11 is 0. The fraction of sp³-hybridized carbons (Fsp3) is 0.333. The Morgan fingerprint density at radius 2 is 1.88 bits per heavy atom. The second-order valence-electron chi connectivity index (χ2n) is 9.20. The first-order valence-electron chi connectivity index (χ1n) is 11.4. The lowest BCUT2D eigenvalue weighted by Gasteiger charge is -2.19. The molecule has 1 aliphatic heterocycles. The van der Waals surface area contributed by atoms with Gasteiger partial charge in [0.2, 0.25) is 5.91 Å². The molecular formula is C27H28FN3O3. The summed E-state index contributed by atoms with van der Waals surface area (Å²) < 4.78 is 20.7. The second-order valence-corrected chi connectivity index (χ2v) is 9.20. The summed E-state index contributed by atoms with van der Waals surface area (Å²) in [6.07, 6.45) is 0.479. The third-order valence-corrected chi connectivity index (χ3v) is 5.95. The van der Waals surface area contributed by atoms with Crippen LogP contribution in [0, 0.1) is 11.7 Å². The van der Waals surface area contributed by atoms with Crippen LogP contribution in [0.2, 0.25) is 0 Å². The molecule has 3 aromatic rings. The number of carbonyl (C=O) groups is 2. The molecular weight excluding hydrogens is 433 g/mol. The van der Waals surface area contributed by atoms with Crippen molar-refractivity contribution in [1.82, 2.24) is 15.1 Å². The topological polar surface area (TPSA) is 72.4 Å². The van der Waals surface area contributed by atoms with Crippen molar-refractivity contribution in [2.45, 2.75) is 46.6 Å². The third kappa shape index (κ3) is 5.14. The average Bonchev–Trinajstić information content (AvgIpc) is 3.12. The van der Waals surface area contributed by atoms with Gasteiger partial charge in [-0.3, -0.25) is 9.59 Å². The van der Waals surface area contributed by atoms with Crippen LogP contribution in [0.3, 0.4) is 0 Å². The average molecular weight is 462 g/mol. The molecule has 34 heavy (non-hydrogen) atoms. The van der Waals surface area contributed by atoms with Crippen LogP contribution >= 0.6 is 0 Å². The van der Waals surface area contributed by atoms with Gasteiger partial charge < -0.3 is 9.64 Å². The van der Waals surface area contributed by atoms with Gasteiger partial charge in [-0.25, -0.2) is 4.39 Å². The van der Waals surface area contributed by atoms with E-state index in [1.165, 1.54) is 19.1 Å². The monoisotopic (exact) mass is 461 g/mol. The minimum atomic E-state index is -0.617. The van der Waals surface area contributed by atoms with Crippen LogP contribution in [-0.2, 0) is 11.3 Å². The van der Waals surface area contributed by atoms with E-state index in [1.54, 1.807) is 17.0 Å². The van der Waals surface area contributed by atoms with Gasteiger partial charge in [0.05, 0.1) is 17.0 Å². The molecule has 2 heterocycles. The summed E-state index contributed by atoms with van der Waals surface area (Å²) in [5.41, 5.74) is 3.04. The molecule has 1 atom stereocenters. The van der Waals surface area contributed by atoms with Gasteiger partial charge in [0.25, 0.3) is 0 Å². The molecule has 0 bridgehead atoms. The number of hydrogen-bond donors (Lipinski definition) is 0. The van der Waals surface area contributed by atoms with Crippen LogP contribution in [0.25, 0.3) is 11.3 Å². The summed E-state index contributed by atoms with van der Waals surface area (Å²) in [6, 6.07) is 13.9. The summed E-state index contributed by atoms with van der Waals surface area (Å²) in [6.45, 7) is 8.29. The number of benzene rings is 2. The lowest BCUT2D eigenvalue weighted by Crippen LogP contribution is -2.24. The molecule has 7 heteroatoms. The highest BCUT2D eigenvalue weighted by atomic mass is 19.1. The number of Topliss-reactive ketones (excluding diaryl/α,β-unsaturated/α-hetero) is 1. The van der Waals surface area contributed by atoms with Crippen LogP contribution in [0.5, 0.6) is 11.5 Å². The van der Waals surface area contributed by atoms with E-state index in [0.717, 1.165) is 17.0 Å². The molecule has 1 amide bonds. The first-order valence-corrected chi connectivity index (χ1v) is 11.4. The maximum Gasteiger partial charge on any atom is 0.223 e. The zero-order valence-corrected chi connectivity index (χ0v) is 19.8. The van der Waals surface area contributed by atoms with Gasteiger partial charge in [0, 0.05) is 30.6 Å². The van der Waals surface area contributed by atoms with Crippen LogP contribution < -0.4 is 4.74 Å². The van der Waals surface area contributed by atoms with E-state index in [4.69, 9.17) is 4.74 Å². The number of halogens is 1. The number of amides is 1. The SMILES string of the molecule is CC(=O)c1cc(Oc2ccc(-c3ccc(C(C)C)nn3)cc2)c(CN2C[C@@H](C)CC2=O)cc1F. The van der Waals surface area contributed by atoms with E-state index in [9.17, 15) is 14.0 Å². The molecule has 0 aliphatic carbocycles. The van der Waals surface area contributed by atoms with Crippen LogP contribution in [0.1, 0.15) is 61.6 Å². The predicted molar refractivity (Wildman–Crippen MR) is 127 cm³/mol. The van der Waals surface area contributed by atoms with Crippen molar-refractivity contribution >= 4 is 11.7 Å². The standard InChI is InChI=1S/C27H28FN3O3/c1-16(2)24-9-10-25(30-29-24)19-5-7-21(8-6-19)34-26-13-22(18(4)32)23(28)12-20(26)15-31-14-17(3)11-27(31)33/h5-10,12-13,16-17H,11,14-15H2,1-4H3/t17-/m0/s1. The normalized spacial score (nSPS) is 15.8. The smallest absolute Gasteiger partial charge is 0.223 e. The molecule has 1 saturated heterocycles. The highest BCUT2D eigenvalue weighted by Crippen LogP contribution is 2.32. The Bertz CT molecular complexity index is 1210. The van der Waals surface area contributed by atoms with E-state index in [1.807, 2.05) is 31.2 Å². The van der Waals surface area contributed by atoms with Crippen molar-refractivity contribution < 1.29 is 18.7 Å². The molecule has 0 saturated carbocycles. The molecule has 1 aromatic heterocycles. The van der Waals surface area contributed by atoms with Crippen LogP contribution in [0.15, 0.2) is 48.5 Å². The molecule has 1 fully saturated rings. The van der Waals surface area contributed by atoms with E-state index in [0.29, 0.717) is 35.9 Å². The Kier molecular flexibility index (Phi) is 6.72. The number of nitrogens with zero attached hydrogens (tertiary/aromatic N) is 3. The van der Waals surface area contributed by atoms with Crippen molar-refractivity contribution in [1.29, 1.82) is 0 Å². The Balaban J connectivity index is 1.59. The van der Waals surface area contributed by atoms with Crippen molar-refractivity contribution in [2.24, 2.45) is 5.92 Å². The van der Waals surface area contributed by atoms with Crippen molar-refractivity contribution in [2.75, 3.05) is 6.54 Å². The molecule has 0 unspecified atom stereocenters. The lowest BCUT2D eigenvalue weighted by atomic mass is 10.1. The number of hydrogen-bond acceptors (Lipinski definition) is 5. The molecule has 2 aromatic carbocycles. The summed E-state index contributed by atoms with van der Waals surface area (Å²) in [5, 5.41) is 8.57. The van der Waals surface area contributed by atoms with E-state index < -0.39 is 11.6 Å². The molecule has 4 rings (SSSR count). The van der Waals surface area contributed by atoms with E-state index in [2.05, 4.69) is 24.0 Å². The number of ketones is 1. The molecule has 6 nitrogen and oxygen atoms in total. The largest absolute Gasteiger partial charge is 0.457 e. The van der Waals surface area contributed by atoms with Crippen molar-refractivity contribution in [3.8, 4) is 22.8 Å². The number of aromatic nitrogens is 2. The van der Waals surface area contributed by atoms with Crippen molar-refractivity contribution in [3.63, 3.8) is 0 Å². The minimum Gasteiger partial charge on any atom is -0.457 e. The summed E-state index contributed by atoms with van der Waals surface area (Å²) in [7, 11) is 0.